The number of rotatable bonds is 5. The average Bonchev–Trinajstić information content (AvgIpc) is 3.30. The van der Waals surface area contributed by atoms with Crippen molar-refractivity contribution in [3.63, 3.8) is 0 Å². The van der Waals surface area contributed by atoms with Crippen LogP contribution in [-0.2, 0) is 13.0 Å². The van der Waals surface area contributed by atoms with Crippen LogP contribution in [0.4, 0.5) is 10.3 Å². The summed E-state index contributed by atoms with van der Waals surface area (Å²) in [6, 6.07) is 7.33. The molecule has 0 atom stereocenters. The minimum absolute atomic E-state index is 0.245. The molecule has 31 heavy (non-hydrogen) atoms. The summed E-state index contributed by atoms with van der Waals surface area (Å²) in [6.07, 6.45) is 6.55. The number of hydrogen-bond acceptors (Lipinski definition) is 6. The van der Waals surface area contributed by atoms with Gasteiger partial charge in [0.25, 0.3) is 0 Å². The van der Waals surface area contributed by atoms with Crippen LogP contribution in [0.3, 0.4) is 0 Å². The fourth-order valence-electron chi connectivity index (χ4n) is 4.29. The van der Waals surface area contributed by atoms with Crippen LogP contribution in [0.1, 0.15) is 41.3 Å². The van der Waals surface area contributed by atoms with Gasteiger partial charge in [0, 0.05) is 58.7 Å². The van der Waals surface area contributed by atoms with E-state index in [0.29, 0.717) is 42.6 Å². The molecule has 4 aromatic rings. The third kappa shape index (κ3) is 3.10. The molecule has 156 valence electrons. The zero-order chi connectivity index (χ0) is 20.9. The molecule has 1 aromatic carbocycles. The van der Waals surface area contributed by atoms with E-state index in [1.54, 1.807) is 23.0 Å². The molecule has 2 aliphatic rings. The van der Waals surface area contributed by atoms with Crippen molar-refractivity contribution in [2.75, 3.05) is 11.9 Å². The number of aryl methyl sites for hydroxylation is 1. The summed E-state index contributed by atoms with van der Waals surface area (Å²) in [5.74, 6) is 1.68. The molecule has 4 heterocycles. The Morgan fingerprint density at radius 2 is 2.10 bits per heavy atom. The first-order valence-electron chi connectivity index (χ1n) is 10.5. The number of fused-ring (bicyclic) bond motifs is 2. The molecule has 1 saturated carbocycles. The van der Waals surface area contributed by atoms with Crippen molar-refractivity contribution in [3.05, 3.63) is 65.1 Å². The van der Waals surface area contributed by atoms with Gasteiger partial charge in [-0.1, -0.05) is 6.07 Å². The minimum atomic E-state index is -0.245. The van der Waals surface area contributed by atoms with Crippen molar-refractivity contribution in [1.29, 1.82) is 0 Å². The fourth-order valence-corrected chi connectivity index (χ4v) is 4.29. The van der Waals surface area contributed by atoms with E-state index in [1.807, 2.05) is 6.92 Å². The Balaban J connectivity index is 1.33. The molecule has 1 fully saturated rings. The van der Waals surface area contributed by atoms with Crippen LogP contribution >= 0.6 is 0 Å². The summed E-state index contributed by atoms with van der Waals surface area (Å²) in [5, 5.41) is 11.6. The largest absolute Gasteiger partial charge is 0.493 e. The van der Waals surface area contributed by atoms with E-state index in [1.165, 1.54) is 18.9 Å². The lowest BCUT2D eigenvalue weighted by Crippen LogP contribution is -2.10. The number of pyridine rings is 1. The fraction of sp³-hybridized carbons (Fsp3) is 0.304. The van der Waals surface area contributed by atoms with E-state index in [4.69, 9.17) is 9.72 Å². The highest BCUT2D eigenvalue weighted by Gasteiger charge is 2.26. The Labute approximate surface area is 178 Å². The van der Waals surface area contributed by atoms with Gasteiger partial charge in [-0.25, -0.2) is 9.37 Å². The second-order valence-electron chi connectivity index (χ2n) is 8.12. The first kappa shape index (κ1) is 18.2. The van der Waals surface area contributed by atoms with Crippen molar-refractivity contribution < 1.29 is 9.13 Å². The van der Waals surface area contributed by atoms with Gasteiger partial charge >= 0.3 is 0 Å². The predicted molar refractivity (Wildman–Crippen MR) is 114 cm³/mol. The molecule has 3 aromatic heterocycles. The van der Waals surface area contributed by atoms with E-state index in [0.717, 1.165) is 33.8 Å². The van der Waals surface area contributed by atoms with Gasteiger partial charge in [-0.3, -0.25) is 9.38 Å². The first-order chi connectivity index (χ1) is 15.2. The Morgan fingerprint density at radius 1 is 1.19 bits per heavy atom. The maximum atomic E-state index is 14.5. The monoisotopic (exact) mass is 416 g/mol. The Hall–Kier alpha value is -3.55. The lowest BCUT2D eigenvalue weighted by molar-refractivity contribution is 0.356. The third-order valence-electron chi connectivity index (χ3n) is 6.09. The zero-order valence-electron chi connectivity index (χ0n) is 17.1. The highest BCUT2D eigenvalue weighted by Crippen LogP contribution is 2.40. The molecule has 0 unspecified atom stereocenters. The van der Waals surface area contributed by atoms with Crippen molar-refractivity contribution in [3.8, 4) is 16.9 Å². The molecule has 1 aliphatic carbocycles. The van der Waals surface area contributed by atoms with Crippen LogP contribution in [0.25, 0.3) is 16.8 Å². The molecule has 6 rings (SSSR count). The maximum absolute atomic E-state index is 14.5. The molecule has 0 saturated heterocycles. The number of hydrogen-bond donors (Lipinski definition) is 1. The quantitative estimate of drug-likeness (QED) is 0.529. The van der Waals surface area contributed by atoms with Crippen molar-refractivity contribution in [2.45, 2.75) is 38.6 Å². The Kier molecular flexibility index (Phi) is 4.12. The summed E-state index contributed by atoms with van der Waals surface area (Å²) in [5.41, 5.74) is 6.19. The van der Waals surface area contributed by atoms with Gasteiger partial charge in [-0.05, 0) is 38.0 Å². The molecule has 0 amide bonds. The van der Waals surface area contributed by atoms with Gasteiger partial charge in [0.1, 0.15) is 17.9 Å². The second kappa shape index (κ2) is 7.01. The van der Waals surface area contributed by atoms with Crippen molar-refractivity contribution in [1.82, 2.24) is 24.6 Å². The smallest absolute Gasteiger partial charge is 0.210 e. The van der Waals surface area contributed by atoms with Crippen LogP contribution in [0.15, 0.2) is 36.8 Å². The number of nitrogens with one attached hydrogen (secondary N) is 1. The zero-order valence-corrected chi connectivity index (χ0v) is 17.1. The van der Waals surface area contributed by atoms with Gasteiger partial charge in [-0.2, -0.15) is 0 Å². The van der Waals surface area contributed by atoms with Gasteiger partial charge in [0.2, 0.25) is 5.95 Å². The van der Waals surface area contributed by atoms with E-state index >= 15 is 0 Å². The van der Waals surface area contributed by atoms with Crippen LogP contribution in [0, 0.1) is 12.7 Å². The van der Waals surface area contributed by atoms with E-state index in [-0.39, 0.29) is 5.82 Å². The molecule has 0 spiro atoms. The molecular weight excluding hydrogens is 395 g/mol. The molecule has 8 heteroatoms. The summed E-state index contributed by atoms with van der Waals surface area (Å²) in [4.78, 5) is 9.38. The average molecular weight is 416 g/mol. The maximum Gasteiger partial charge on any atom is 0.210 e. The number of halogens is 1. The number of anilines is 1. The minimum Gasteiger partial charge on any atom is -0.493 e. The SMILES string of the molecule is Cc1nc(C2CC2)ccc1-c1cnc(NCc2c(F)ccc3c2CCO3)n2cnnc12. The predicted octanol–water partition coefficient (Wildman–Crippen LogP) is 4.06. The number of nitrogens with zero attached hydrogens (tertiary/aromatic N) is 5. The summed E-state index contributed by atoms with van der Waals surface area (Å²) in [6.45, 7) is 2.90. The van der Waals surface area contributed by atoms with Crippen molar-refractivity contribution in [2.24, 2.45) is 0 Å². The Bertz CT molecular complexity index is 1310. The normalized spacial score (nSPS) is 15.2. The summed E-state index contributed by atoms with van der Waals surface area (Å²) in [7, 11) is 0. The lowest BCUT2D eigenvalue weighted by atomic mass is 10.0. The molecule has 0 radical (unpaired) electrons. The standard InChI is InChI=1S/C23H21FN6O/c1-13-15(4-6-20(28-13)14-2-3-14)18-11-26-23(30-12-27-29-22(18)30)25-10-17-16-8-9-31-21(16)7-5-19(17)24/h4-7,11-12,14H,2-3,8-10H2,1H3,(H,25,26). The van der Waals surface area contributed by atoms with E-state index in [2.05, 4.69) is 32.6 Å². The summed E-state index contributed by atoms with van der Waals surface area (Å²) < 4.78 is 21.8. The number of ether oxygens (including phenoxy) is 1. The van der Waals surface area contributed by atoms with Crippen LogP contribution in [-0.4, -0.2) is 31.2 Å². The Morgan fingerprint density at radius 3 is 2.94 bits per heavy atom. The van der Waals surface area contributed by atoms with E-state index < -0.39 is 0 Å². The lowest BCUT2D eigenvalue weighted by Gasteiger charge is -2.13. The summed E-state index contributed by atoms with van der Waals surface area (Å²) >= 11 is 0. The second-order valence-corrected chi connectivity index (χ2v) is 8.12. The molecule has 0 bridgehead atoms. The van der Waals surface area contributed by atoms with Crippen LogP contribution in [0.5, 0.6) is 5.75 Å². The molecule has 1 N–H and O–H groups in total. The molecule has 1 aliphatic heterocycles. The van der Waals surface area contributed by atoms with Gasteiger partial charge in [-0.15, -0.1) is 10.2 Å². The number of aromatic nitrogens is 5. The van der Waals surface area contributed by atoms with Gasteiger partial charge < -0.3 is 10.1 Å². The molecule has 7 nitrogen and oxygen atoms in total. The van der Waals surface area contributed by atoms with Crippen LogP contribution < -0.4 is 10.1 Å². The molecular formula is C23H21FN6O. The topological polar surface area (TPSA) is 77.2 Å². The van der Waals surface area contributed by atoms with Crippen molar-refractivity contribution >= 4 is 11.6 Å². The number of benzene rings is 1. The third-order valence-corrected chi connectivity index (χ3v) is 6.09. The highest BCUT2D eigenvalue weighted by atomic mass is 19.1. The van der Waals surface area contributed by atoms with Gasteiger partial charge in [0.05, 0.1) is 6.61 Å². The highest BCUT2D eigenvalue weighted by molar-refractivity contribution is 5.79. The van der Waals surface area contributed by atoms with Crippen LogP contribution in [0.2, 0.25) is 0 Å². The van der Waals surface area contributed by atoms with E-state index in [9.17, 15) is 4.39 Å². The van der Waals surface area contributed by atoms with Gasteiger partial charge in [0.15, 0.2) is 5.65 Å². The first-order valence-corrected chi connectivity index (χ1v) is 10.5.